The monoisotopic (exact) mass is 360 g/mol. The zero-order valence-corrected chi connectivity index (χ0v) is 15.7. The summed E-state index contributed by atoms with van der Waals surface area (Å²) in [5, 5.41) is 0. The molecule has 0 amide bonds. The Hall–Kier alpha value is -2.92. The minimum atomic E-state index is -0.0296. The number of nitrogen functional groups attached to an aromatic ring is 1. The topological polar surface area (TPSA) is 75.0 Å². The second-order valence-corrected chi connectivity index (χ2v) is 7.35. The average molecular weight is 360 g/mol. The van der Waals surface area contributed by atoms with Crippen molar-refractivity contribution in [1.29, 1.82) is 0 Å². The summed E-state index contributed by atoms with van der Waals surface area (Å²) in [7, 11) is 0. The van der Waals surface area contributed by atoms with E-state index in [0.29, 0.717) is 18.1 Å². The molecule has 2 aromatic carbocycles. The van der Waals surface area contributed by atoms with Crippen molar-refractivity contribution in [3.8, 4) is 11.4 Å². The Balaban J connectivity index is 1.61. The first-order chi connectivity index (χ1) is 13.0. The molecule has 138 valence electrons. The second-order valence-electron chi connectivity index (χ2n) is 7.35. The third-order valence-electron chi connectivity index (χ3n) is 5.23. The Morgan fingerprint density at radius 2 is 1.93 bits per heavy atom. The highest BCUT2D eigenvalue weighted by molar-refractivity contribution is 5.58. The maximum Gasteiger partial charge on any atom is 0.254 e. The highest BCUT2D eigenvalue weighted by Crippen LogP contribution is 2.22. The molecular formula is C22H24N4O. The lowest BCUT2D eigenvalue weighted by Crippen LogP contribution is -2.35. The van der Waals surface area contributed by atoms with Crippen molar-refractivity contribution in [2.24, 2.45) is 0 Å². The van der Waals surface area contributed by atoms with Crippen LogP contribution in [0.1, 0.15) is 27.9 Å². The van der Waals surface area contributed by atoms with Crippen LogP contribution in [0, 0.1) is 13.8 Å². The summed E-state index contributed by atoms with van der Waals surface area (Å²) in [5.74, 6) is 0.604. The Kier molecular flexibility index (Phi) is 4.54. The molecule has 0 aliphatic carbocycles. The van der Waals surface area contributed by atoms with Gasteiger partial charge in [0.05, 0.1) is 5.69 Å². The fourth-order valence-electron chi connectivity index (χ4n) is 3.67. The van der Waals surface area contributed by atoms with Crippen LogP contribution in [0.3, 0.4) is 0 Å². The first kappa shape index (κ1) is 17.5. The number of nitrogens with one attached hydrogen (secondary N) is 1. The number of nitrogens with zero attached hydrogens (tertiary/aromatic N) is 2. The molecule has 1 aliphatic heterocycles. The van der Waals surface area contributed by atoms with E-state index in [1.54, 1.807) is 0 Å². The van der Waals surface area contributed by atoms with E-state index in [1.807, 2.05) is 24.3 Å². The van der Waals surface area contributed by atoms with Gasteiger partial charge in [0, 0.05) is 36.4 Å². The van der Waals surface area contributed by atoms with E-state index in [-0.39, 0.29) is 5.56 Å². The lowest BCUT2D eigenvalue weighted by Gasteiger charge is -2.28. The van der Waals surface area contributed by atoms with E-state index in [4.69, 9.17) is 10.7 Å². The molecule has 0 saturated carbocycles. The van der Waals surface area contributed by atoms with Crippen LogP contribution in [0.5, 0.6) is 0 Å². The van der Waals surface area contributed by atoms with Crippen molar-refractivity contribution in [3.05, 3.63) is 80.8 Å². The Labute approximate surface area is 158 Å². The van der Waals surface area contributed by atoms with Crippen molar-refractivity contribution in [3.63, 3.8) is 0 Å². The van der Waals surface area contributed by atoms with Gasteiger partial charge in [0.15, 0.2) is 0 Å². The quantitative estimate of drug-likeness (QED) is 0.704. The molecule has 0 fully saturated rings. The van der Waals surface area contributed by atoms with E-state index in [2.05, 4.69) is 41.9 Å². The number of benzene rings is 2. The van der Waals surface area contributed by atoms with Crippen LogP contribution >= 0.6 is 0 Å². The number of aromatic nitrogens is 2. The zero-order valence-electron chi connectivity index (χ0n) is 15.7. The summed E-state index contributed by atoms with van der Waals surface area (Å²) in [4.78, 5) is 22.6. The van der Waals surface area contributed by atoms with Gasteiger partial charge >= 0.3 is 0 Å². The van der Waals surface area contributed by atoms with Gasteiger partial charge in [0.25, 0.3) is 5.56 Å². The predicted octanol–water partition coefficient (Wildman–Crippen LogP) is 3.19. The number of aromatic amines is 1. The van der Waals surface area contributed by atoms with Gasteiger partial charge in [-0.15, -0.1) is 0 Å². The van der Waals surface area contributed by atoms with E-state index in [9.17, 15) is 4.79 Å². The summed E-state index contributed by atoms with van der Waals surface area (Å²) in [6.07, 6.45) is 0.727. The van der Waals surface area contributed by atoms with Gasteiger partial charge in [-0.2, -0.15) is 0 Å². The second kappa shape index (κ2) is 7.00. The number of H-pyrrole nitrogens is 1. The van der Waals surface area contributed by atoms with Gasteiger partial charge in [-0.1, -0.05) is 23.8 Å². The van der Waals surface area contributed by atoms with Gasteiger partial charge in [-0.05, 0) is 55.7 Å². The summed E-state index contributed by atoms with van der Waals surface area (Å²) in [6, 6.07) is 14.0. The summed E-state index contributed by atoms with van der Waals surface area (Å²) in [5.41, 5.74) is 12.9. The summed E-state index contributed by atoms with van der Waals surface area (Å²) < 4.78 is 0. The number of fused-ring (bicyclic) bond motifs is 1. The van der Waals surface area contributed by atoms with Crippen molar-refractivity contribution in [1.82, 2.24) is 14.9 Å². The minimum Gasteiger partial charge on any atom is -0.399 e. The number of nitrogens with two attached hydrogens (primary N) is 1. The van der Waals surface area contributed by atoms with Gasteiger partial charge in [-0.25, -0.2) is 4.98 Å². The first-order valence-corrected chi connectivity index (χ1v) is 9.26. The fraction of sp³-hybridized carbons (Fsp3) is 0.273. The SMILES string of the molecule is Cc1ccc(CN2CCc3c(nc(-c4ccc(N)cc4)[nH]c3=O)C2)c(C)c1. The van der Waals surface area contributed by atoms with Crippen molar-refractivity contribution in [2.75, 3.05) is 12.3 Å². The molecule has 3 N–H and O–H groups in total. The number of rotatable bonds is 3. The normalized spacial score (nSPS) is 14.1. The maximum absolute atomic E-state index is 12.5. The smallest absolute Gasteiger partial charge is 0.254 e. The van der Waals surface area contributed by atoms with Crippen LogP contribution in [0.4, 0.5) is 5.69 Å². The van der Waals surface area contributed by atoms with Gasteiger partial charge in [-0.3, -0.25) is 9.69 Å². The van der Waals surface area contributed by atoms with Crippen LogP contribution in [0.2, 0.25) is 0 Å². The third kappa shape index (κ3) is 3.64. The third-order valence-corrected chi connectivity index (χ3v) is 5.23. The van der Waals surface area contributed by atoms with Crippen molar-refractivity contribution in [2.45, 2.75) is 33.4 Å². The molecule has 5 nitrogen and oxygen atoms in total. The molecule has 3 aromatic rings. The Morgan fingerprint density at radius 3 is 2.67 bits per heavy atom. The predicted molar refractivity (Wildman–Crippen MR) is 108 cm³/mol. The van der Waals surface area contributed by atoms with Gasteiger partial charge in [0.2, 0.25) is 0 Å². The Bertz CT molecular complexity index is 1040. The highest BCUT2D eigenvalue weighted by Gasteiger charge is 2.21. The van der Waals surface area contributed by atoms with Crippen molar-refractivity contribution >= 4 is 5.69 Å². The maximum atomic E-state index is 12.5. The largest absolute Gasteiger partial charge is 0.399 e. The van der Waals surface area contributed by atoms with Gasteiger partial charge < -0.3 is 10.7 Å². The number of anilines is 1. The van der Waals surface area contributed by atoms with E-state index in [1.165, 1.54) is 16.7 Å². The van der Waals surface area contributed by atoms with Crippen LogP contribution < -0.4 is 11.3 Å². The number of aryl methyl sites for hydroxylation is 2. The highest BCUT2D eigenvalue weighted by atomic mass is 16.1. The molecule has 0 unspecified atom stereocenters. The Morgan fingerprint density at radius 1 is 1.15 bits per heavy atom. The molecule has 4 rings (SSSR count). The lowest BCUT2D eigenvalue weighted by atomic mass is 10.0. The van der Waals surface area contributed by atoms with Crippen LogP contribution in [-0.4, -0.2) is 21.4 Å². The van der Waals surface area contributed by atoms with Crippen molar-refractivity contribution < 1.29 is 0 Å². The van der Waals surface area contributed by atoms with Crippen LogP contribution in [0.25, 0.3) is 11.4 Å². The fourth-order valence-corrected chi connectivity index (χ4v) is 3.67. The molecule has 0 saturated heterocycles. The van der Waals surface area contributed by atoms with E-state index < -0.39 is 0 Å². The molecule has 0 radical (unpaired) electrons. The molecule has 0 bridgehead atoms. The summed E-state index contributed by atoms with van der Waals surface area (Å²) >= 11 is 0. The van der Waals surface area contributed by atoms with Gasteiger partial charge in [0.1, 0.15) is 5.82 Å². The number of hydrogen-bond donors (Lipinski definition) is 2. The molecule has 1 aliphatic rings. The molecule has 5 heteroatoms. The molecular weight excluding hydrogens is 336 g/mol. The standard InChI is InChI=1S/C22H24N4O/c1-14-3-4-17(15(2)11-14)12-26-10-9-19-20(13-26)24-21(25-22(19)27)16-5-7-18(23)8-6-16/h3-8,11H,9-10,12-13,23H2,1-2H3,(H,24,25,27). The molecule has 0 spiro atoms. The molecule has 0 atom stereocenters. The summed E-state index contributed by atoms with van der Waals surface area (Å²) in [6.45, 7) is 6.70. The molecule has 1 aromatic heterocycles. The zero-order chi connectivity index (χ0) is 19.0. The lowest BCUT2D eigenvalue weighted by molar-refractivity contribution is 0.240. The first-order valence-electron chi connectivity index (χ1n) is 9.26. The van der Waals surface area contributed by atoms with E-state index in [0.717, 1.165) is 36.3 Å². The average Bonchev–Trinajstić information content (AvgIpc) is 2.64. The molecule has 2 heterocycles. The number of hydrogen-bond acceptors (Lipinski definition) is 4. The van der Waals surface area contributed by atoms with E-state index >= 15 is 0 Å². The minimum absolute atomic E-state index is 0.0296. The van der Waals surface area contributed by atoms with Crippen LogP contribution in [0.15, 0.2) is 47.3 Å². The molecule has 27 heavy (non-hydrogen) atoms. The van der Waals surface area contributed by atoms with Crippen LogP contribution in [-0.2, 0) is 19.5 Å².